The van der Waals surface area contributed by atoms with E-state index in [0.717, 1.165) is 58.6 Å². The number of likely N-dealkylation sites (tertiary alicyclic amines) is 2. The summed E-state index contributed by atoms with van der Waals surface area (Å²) in [5.74, 6) is -0.187. The van der Waals surface area contributed by atoms with E-state index in [4.69, 9.17) is 37.3 Å². The molecule has 12 heteroatoms. The minimum absolute atomic E-state index is 0.221. The van der Waals surface area contributed by atoms with Gasteiger partial charge < -0.3 is 19.4 Å². The largest absolute Gasteiger partial charge is 0.481 e. The van der Waals surface area contributed by atoms with Gasteiger partial charge in [-0.25, -0.2) is 15.0 Å². The Bertz CT molecular complexity index is 2030. The Balaban J connectivity index is 1.09. The van der Waals surface area contributed by atoms with Gasteiger partial charge in [0.1, 0.15) is 12.1 Å². The zero-order valence-corrected chi connectivity index (χ0v) is 28.8. The van der Waals surface area contributed by atoms with E-state index in [-0.39, 0.29) is 18.6 Å². The van der Waals surface area contributed by atoms with Gasteiger partial charge in [-0.15, -0.1) is 0 Å². The lowest BCUT2D eigenvalue weighted by atomic mass is 9.95. The summed E-state index contributed by atoms with van der Waals surface area (Å²) in [5, 5.41) is 20.2. The van der Waals surface area contributed by atoms with Crippen molar-refractivity contribution in [3.63, 3.8) is 0 Å². The molecule has 2 atom stereocenters. The van der Waals surface area contributed by atoms with Gasteiger partial charge in [0, 0.05) is 49.4 Å². The fourth-order valence-corrected chi connectivity index (χ4v) is 7.37. The number of aliphatic hydroxyl groups is 1. The summed E-state index contributed by atoms with van der Waals surface area (Å²) >= 11 is 13.7. The third-order valence-electron chi connectivity index (χ3n) is 9.41. The van der Waals surface area contributed by atoms with E-state index in [1.807, 2.05) is 62.4 Å². The number of carboxylic acid groups (broad SMARTS) is 1. The number of halogens is 2. The van der Waals surface area contributed by atoms with Gasteiger partial charge in [-0.05, 0) is 68.1 Å². The van der Waals surface area contributed by atoms with Gasteiger partial charge in [-0.2, -0.15) is 0 Å². The number of aliphatic hydroxyl groups excluding tert-OH is 1. The molecule has 2 saturated heterocycles. The molecule has 2 aliphatic rings. The molecular formula is C37H37Cl2N5O5. The van der Waals surface area contributed by atoms with Crippen molar-refractivity contribution in [1.82, 2.24) is 24.8 Å². The first-order valence-corrected chi connectivity index (χ1v) is 17.2. The summed E-state index contributed by atoms with van der Waals surface area (Å²) in [6, 6.07) is 15.6. The van der Waals surface area contributed by atoms with Crippen LogP contribution < -0.4 is 4.74 Å². The van der Waals surface area contributed by atoms with Crippen molar-refractivity contribution in [1.29, 1.82) is 0 Å². The number of aliphatic carboxylic acids is 1. The third-order valence-corrected chi connectivity index (χ3v) is 10.1. The Morgan fingerprint density at radius 2 is 1.73 bits per heavy atom. The zero-order chi connectivity index (χ0) is 34.2. The minimum Gasteiger partial charge on any atom is -0.481 e. The quantitative estimate of drug-likeness (QED) is 0.158. The maximum absolute atomic E-state index is 11.4. The summed E-state index contributed by atoms with van der Waals surface area (Å²) in [7, 11) is 0. The average Bonchev–Trinajstić information content (AvgIpc) is 3.82. The molecule has 2 aromatic heterocycles. The highest BCUT2D eigenvalue weighted by molar-refractivity contribution is 6.35. The first-order chi connectivity index (χ1) is 23.6. The number of β-amino-alcohol motifs (C(OH)–C–C–N with tert-alkyl or cyclic N) is 1. The Labute approximate surface area is 294 Å². The van der Waals surface area contributed by atoms with Crippen molar-refractivity contribution >= 4 is 40.3 Å². The number of hydrogen-bond donors (Lipinski definition) is 2. The molecule has 7 rings (SSSR count). The third kappa shape index (κ3) is 7.15. The van der Waals surface area contributed by atoms with E-state index in [0.29, 0.717) is 71.2 Å². The van der Waals surface area contributed by atoms with Crippen LogP contribution in [0.25, 0.3) is 33.7 Å². The van der Waals surface area contributed by atoms with Gasteiger partial charge in [-0.1, -0.05) is 53.5 Å². The second-order valence-corrected chi connectivity index (χ2v) is 13.8. The summed E-state index contributed by atoms with van der Waals surface area (Å²) in [6.07, 6.45) is 2.87. The van der Waals surface area contributed by atoms with Crippen molar-refractivity contribution in [2.24, 2.45) is 5.92 Å². The normalized spacial score (nSPS) is 18.5. The maximum Gasteiger partial charge on any atom is 0.307 e. The van der Waals surface area contributed by atoms with Crippen LogP contribution in [0.2, 0.25) is 10.0 Å². The smallest absolute Gasteiger partial charge is 0.307 e. The predicted molar refractivity (Wildman–Crippen MR) is 188 cm³/mol. The molecule has 0 aliphatic carbocycles. The Morgan fingerprint density at radius 3 is 2.49 bits per heavy atom. The number of nitrogens with zero attached hydrogens (tertiary/aromatic N) is 5. The number of aromatic nitrogens is 3. The summed E-state index contributed by atoms with van der Waals surface area (Å²) in [5.41, 5.74) is 8.03. The summed E-state index contributed by atoms with van der Waals surface area (Å²) in [4.78, 5) is 29.7. The van der Waals surface area contributed by atoms with Crippen molar-refractivity contribution in [3.05, 3.63) is 92.9 Å². The number of carboxylic acids is 1. The standard InChI is InChI=1S/C37H37Cl2N5O5/c1-21-28(30-8-3-5-25(33(30)39)20-48-35-22(2)41-26(15-40-35)18-44-12-10-27(45)19-44)6-4-7-29(21)36-42-32-14-23(13-31(38)34(32)49-36)16-43-11-9-24(17-43)37(46)47/h3-8,13-15,24,27,45H,9-12,16-20H2,1-2H3,(H,46,47)/t24?,27-/m0/s1. The molecule has 2 N–H and O–H groups in total. The van der Waals surface area contributed by atoms with Crippen molar-refractivity contribution < 1.29 is 24.2 Å². The van der Waals surface area contributed by atoms with Crippen LogP contribution in [-0.2, 0) is 24.5 Å². The van der Waals surface area contributed by atoms with Gasteiger partial charge >= 0.3 is 5.97 Å². The van der Waals surface area contributed by atoms with Crippen LogP contribution in [0.5, 0.6) is 5.88 Å². The molecule has 5 aromatic rings. The zero-order valence-electron chi connectivity index (χ0n) is 27.3. The second-order valence-electron chi connectivity index (χ2n) is 13.0. The molecule has 3 aromatic carbocycles. The van der Waals surface area contributed by atoms with E-state index >= 15 is 0 Å². The first kappa shape index (κ1) is 33.4. The van der Waals surface area contributed by atoms with E-state index in [1.165, 1.54) is 0 Å². The number of carbonyl (C=O) groups is 1. The van der Waals surface area contributed by atoms with Crippen LogP contribution in [0.15, 0.2) is 59.1 Å². The molecular weight excluding hydrogens is 665 g/mol. The molecule has 49 heavy (non-hydrogen) atoms. The van der Waals surface area contributed by atoms with Crippen LogP contribution >= 0.6 is 23.2 Å². The van der Waals surface area contributed by atoms with Gasteiger partial charge in [0.2, 0.25) is 11.8 Å². The summed E-state index contributed by atoms with van der Waals surface area (Å²) < 4.78 is 12.3. The average molecular weight is 703 g/mol. The molecule has 0 radical (unpaired) electrons. The highest BCUT2D eigenvalue weighted by Crippen LogP contribution is 2.39. The number of hydrogen-bond acceptors (Lipinski definition) is 9. The van der Waals surface area contributed by atoms with Gasteiger partial charge in [0.05, 0.1) is 39.7 Å². The maximum atomic E-state index is 11.4. The van der Waals surface area contributed by atoms with Crippen LogP contribution in [0.4, 0.5) is 0 Å². The lowest BCUT2D eigenvalue weighted by molar-refractivity contribution is -0.141. The first-order valence-electron chi connectivity index (χ1n) is 16.4. The number of ether oxygens (including phenoxy) is 1. The molecule has 2 aliphatic heterocycles. The number of benzene rings is 3. The highest BCUT2D eigenvalue weighted by Gasteiger charge is 2.28. The molecule has 1 unspecified atom stereocenters. The molecule has 2 fully saturated rings. The van der Waals surface area contributed by atoms with Gasteiger partial charge in [0.25, 0.3) is 0 Å². The van der Waals surface area contributed by atoms with Gasteiger partial charge in [-0.3, -0.25) is 14.6 Å². The molecule has 0 spiro atoms. The van der Waals surface area contributed by atoms with Crippen LogP contribution in [0.3, 0.4) is 0 Å². The van der Waals surface area contributed by atoms with E-state index in [2.05, 4.69) is 19.8 Å². The lowest BCUT2D eigenvalue weighted by Gasteiger charge is -2.16. The number of fused-ring (bicyclic) bond motifs is 1. The van der Waals surface area contributed by atoms with Crippen molar-refractivity contribution in [2.45, 2.75) is 52.5 Å². The second kappa shape index (κ2) is 14.0. The fourth-order valence-electron chi connectivity index (χ4n) is 6.81. The summed E-state index contributed by atoms with van der Waals surface area (Å²) in [6.45, 7) is 8.09. The van der Waals surface area contributed by atoms with Crippen LogP contribution in [-0.4, -0.2) is 73.2 Å². The monoisotopic (exact) mass is 701 g/mol. The van der Waals surface area contributed by atoms with Crippen LogP contribution in [0.1, 0.15) is 40.9 Å². The number of aryl methyl sites for hydroxylation is 1. The molecule has 4 heterocycles. The molecule has 0 amide bonds. The van der Waals surface area contributed by atoms with E-state index in [9.17, 15) is 15.0 Å². The SMILES string of the molecule is Cc1nc(CN2CC[C@H](O)C2)cnc1OCc1cccc(-c2cccc(-c3nc4cc(CN5CCC(C(=O)O)C5)cc(Cl)c4o3)c2C)c1Cl. The van der Waals surface area contributed by atoms with E-state index in [1.54, 1.807) is 6.20 Å². The number of rotatable bonds is 10. The van der Waals surface area contributed by atoms with Crippen molar-refractivity contribution in [2.75, 3.05) is 26.2 Å². The molecule has 10 nitrogen and oxygen atoms in total. The van der Waals surface area contributed by atoms with Crippen molar-refractivity contribution in [3.8, 4) is 28.5 Å². The Kier molecular flexibility index (Phi) is 9.59. The lowest BCUT2D eigenvalue weighted by Crippen LogP contribution is -2.22. The minimum atomic E-state index is -0.751. The topological polar surface area (TPSA) is 125 Å². The Morgan fingerprint density at radius 1 is 0.980 bits per heavy atom. The fraction of sp³-hybridized carbons (Fsp3) is 0.351. The molecule has 254 valence electrons. The van der Waals surface area contributed by atoms with Gasteiger partial charge in [0.15, 0.2) is 5.58 Å². The Hall–Kier alpha value is -4.06. The predicted octanol–water partition coefficient (Wildman–Crippen LogP) is 6.93. The number of oxazole rings is 1. The molecule has 0 bridgehead atoms. The van der Waals surface area contributed by atoms with Crippen LogP contribution in [0, 0.1) is 19.8 Å². The highest BCUT2D eigenvalue weighted by atomic mass is 35.5. The van der Waals surface area contributed by atoms with E-state index < -0.39 is 5.97 Å². The molecule has 0 saturated carbocycles.